The van der Waals surface area contributed by atoms with Crippen LogP contribution < -0.4 is 5.32 Å². The zero-order valence-corrected chi connectivity index (χ0v) is 51.4. The van der Waals surface area contributed by atoms with Crippen molar-refractivity contribution in [3.63, 3.8) is 0 Å². The minimum Gasteiger partial charge on any atom is -0.394 e. The molecule has 0 spiro atoms. The van der Waals surface area contributed by atoms with E-state index in [1.165, 1.54) is 116 Å². The minimum absolute atomic E-state index is 0.226. The standard InChI is InChI=1S/C69H117NO13/c1-3-5-7-9-11-13-15-17-19-21-23-25-27-29-31-33-35-37-39-41-43-45-47-49-51-53-61(74)70-57(56-80-68-66(79)64(77)67(60(55-72)82-68)83-69-65(78)63(76)62(75)59(54-71)81-69)58(73)52-50-48-46-44-42-40-38-36-34-32-30-28-26-24-22-20-18-16-14-12-10-8-6-4-2/h5,7,11,13,17,19,23,25,29,31,35,37,41-44,50,52,57-60,62-69,71-73,75-79H,3-4,6,8-10,12,14-16,18,20-22,24,26-28,30,32-34,36,38-40,45-49,51,53-56H2,1-2H3,(H,70,74)/b7-5-,13-11-,19-17-,25-23-,31-29-,37-35-,43-41-,44-42+,52-50+. The lowest BCUT2D eigenvalue weighted by Crippen LogP contribution is -2.65. The van der Waals surface area contributed by atoms with Crippen molar-refractivity contribution >= 4 is 5.91 Å². The SMILES string of the molecule is CC/C=C\C/C=C\C/C=C\C/C=C\C/C=C\C/C=C\C/C=C\CCCCCC(=O)NC(COC1OC(CO)C(OC2OC(CO)C(O)C(O)C2O)C(O)C1O)C(O)/C=C/CC/C=C/CCCCCCCCCCCCCCCCCCCC. The van der Waals surface area contributed by atoms with Crippen LogP contribution in [0.3, 0.4) is 0 Å². The van der Waals surface area contributed by atoms with Gasteiger partial charge in [-0.2, -0.15) is 0 Å². The number of aliphatic hydroxyl groups is 8. The molecule has 14 heteroatoms. The van der Waals surface area contributed by atoms with Crippen LogP contribution in [0.2, 0.25) is 0 Å². The van der Waals surface area contributed by atoms with E-state index in [9.17, 15) is 45.6 Å². The lowest BCUT2D eigenvalue weighted by atomic mass is 9.97. The lowest BCUT2D eigenvalue weighted by molar-refractivity contribution is -0.359. The molecule has 2 aliphatic heterocycles. The highest BCUT2D eigenvalue weighted by Gasteiger charge is 2.51. The molecule has 2 heterocycles. The van der Waals surface area contributed by atoms with Crippen LogP contribution in [0.15, 0.2) is 109 Å². The summed E-state index contributed by atoms with van der Waals surface area (Å²) in [6, 6.07) is -0.959. The van der Waals surface area contributed by atoms with Crippen molar-refractivity contribution in [1.82, 2.24) is 5.32 Å². The smallest absolute Gasteiger partial charge is 0.220 e. The van der Waals surface area contributed by atoms with Gasteiger partial charge in [0, 0.05) is 6.42 Å². The van der Waals surface area contributed by atoms with Crippen LogP contribution in [0, 0.1) is 0 Å². The summed E-state index contributed by atoms with van der Waals surface area (Å²) in [7, 11) is 0. The van der Waals surface area contributed by atoms with E-state index < -0.39 is 86.8 Å². The monoisotopic (exact) mass is 1170 g/mol. The molecule has 0 radical (unpaired) electrons. The number of amides is 1. The maximum Gasteiger partial charge on any atom is 0.220 e. The topological polar surface area (TPSA) is 228 Å². The molecular formula is C69H117NO13. The Kier molecular flexibility index (Phi) is 48.3. The van der Waals surface area contributed by atoms with Gasteiger partial charge in [-0.15, -0.1) is 0 Å². The second kappa shape index (κ2) is 52.9. The van der Waals surface area contributed by atoms with Gasteiger partial charge in [0.2, 0.25) is 5.91 Å². The molecule has 83 heavy (non-hydrogen) atoms. The normalized spacial score (nSPS) is 24.6. The Morgan fingerprint density at radius 3 is 1.33 bits per heavy atom. The van der Waals surface area contributed by atoms with Crippen LogP contribution in [-0.2, 0) is 23.7 Å². The Morgan fingerprint density at radius 1 is 0.446 bits per heavy atom. The first-order valence-electron chi connectivity index (χ1n) is 32.6. The van der Waals surface area contributed by atoms with Gasteiger partial charge < -0.3 is 65.1 Å². The number of hydrogen-bond acceptors (Lipinski definition) is 13. The summed E-state index contributed by atoms with van der Waals surface area (Å²) in [5, 5.41) is 87.3. The van der Waals surface area contributed by atoms with Gasteiger partial charge in [0.1, 0.15) is 48.8 Å². The van der Waals surface area contributed by atoms with E-state index in [2.05, 4.69) is 116 Å². The molecule has 0 saturated carbocycles. The summed E-state index contributed by atoms with van der Waals surface area (Å²) in [4.78, 5) is 13.3. The molecule has 12 unspecified atom stereocenters. The maximum atomic E-state index is 13.3. The number of aliphatic hydroxyl groups excluding tert-OH is 8. The number of nitrogens with one attached hydrogen (secondary N) is 1. The average molecular weight is 1170 g/mol. The van der Waals surface area contributed by atoms with Crippen LogP contribution in [0.1, 0.15) is 226 Å². The van der Waals surface area contributed by atoms with Crippen molar-refractivity contribution in [1.29, 1.82) is 0 Å². The zero-order valence-electron chi connectivity index (χ0n) is 51.4. The van der Waals surface area contributed by atoms with Gasteiger partial charge in [-0.3, -0.25) is 4.79 Å². The summed E-state index contributed by atoms with van der Waals surface area (Å²) < 4.78 is 22.8. The summed E-state index contributed by atoms with van der Waals surface area (Å²) in [5.41, 5.74) is 0. The quantitative estimate of drug-likeness (QED) is 0.0204. The lowest BCUT2D eigenvalue weighted by Gasteiger charge is -2.46. The van der Waals surface area contributed by atoms with Crippen molar-refractivity contribution in [3.05, 3.63) is 109 Å². The summed E-state index contributed by atoms with van der Waals surface area (Å²) >= 11 is 0. The van der Waals surface area contributed by atoms with Crippen molar-refractivity contribution in [3.8, 4) is 0 Å². The average Bonchev–Trinajstić information content (AvgIpc) is 3.65. The van der Waals surface area contributed by atoms with Crippen LogP contribution in [0.5, 0.6) is 0 Å². The van der Waals surface area contributed by atoms with E-state index in [-0.39, 0.29) is 18.9 Å². The van der Waals surface area contributed by atoms with Crippen LogP contribution in [0.4, 0.5) is 0 Å². The predicted octanol–water partition coefficient (Wildman–Crippen LogP) is 12.4. The number of rotatable bonds is 51. The zero-order chi connectivity index (χ0) is 60.2. The highest BCUT2D eigenvalue weighted by atomic mass is 16.7. The number of unbranched alkanes of at least 4 members (excludes halogenated alkanes) is 22. The molecule has 12 atom stereocenters. The third-order valence-corrected chi connectivity index (χ3v) is 15.2. The molecular weight excluding hydrogens is 1050 g/mol. The molecule has 2 aliphatic rings. The van der Waals surface area contributed by atoms with Gasteiger partial charge >= 0.3 is 0 Å². The van der Waals surface area contributed by atoms with E-state index in [0.29, 0.717) is 12.8 Å². The van der Waals surface area contributed by atoms with Crippen molar-refractivity contribution < 1.29 is 64.6 Å². The maximum absolute atomic E-state index is 13.3. The molecule has 0 aromatic carbocycles. The molecule has 14 nitrogen and oxygen atoms in total. The fourth-order valence-electron chi connectivity index (χ4n) is 9.99. The molecule has 2 fully saturated rings. The minimum atomic E-state index is -1.80. The molecule has 0 aromatic heterocycles. The van der Waals surface area contributed by atoms with Gasteiger partial charge in [0.25, 0.3) is 0 Å². The third-order valence-electron chi connectivity index (χ3n) is 15.2. The molecule has 0 aliphatic carbocycles. The number of carbonyl (C=O) groups excluding carboxylic acids is 1. The Labute approximate surface area is 502 Å². The molecule has 476 valence electrons. The molecule has 2 saturated heterocycles. The summed E-state index contributed by atoms with van der Waals surface area (Å²) in [5.74, 6) is -0.284. The van der Waals surface area contributed by atoms with E-state index >= 15 is 0 Å². The van der Waals surface area contributed by atoms with Gasteiger partial charge in [-0.1, -0.05) is 239 Å². The largest absolute Gasteiger partial charge is 0.394 e. The first-order chi connectivity index (χ1) is 40.6. The number of allylic oxidation sites excluding steroid dienone is 17. The number of ether oxygens (including phenoxy) is 4. The summed E-state index contributed by atoms with van der Waals surface area (Å²) in [6.45, 7) is 2.65. The Balaban J connectivity index is 1.77. The van der Waals surface area contributed by atoms with Crippen molar-refractivity contribution in [2.24, 2.45) is 0 Å². The van der Waals surface area contributed by atoms with Gasteiger partial charge in [0.15, 0.2) is 12.6 Å². The molecule has 9 N–H and O–H groups in total. The van der Waals surface area contributed by atoms with E-state index in [1.807, 2.05) is 6.08 Å². The van der Waals surface area contributed by atoms with Crippen LogP contribution in [-0.4, -0.2) is 140 Å². The van der Waals surface area contributed by atoms with Crippen LogP contribution >= 0.6 is 0 Å². The second-order valence-corrected chi connectivity index (χ2v) is 22.5. The first kappa shape index (κ1) is 75.7. The van der Waals surface area contributed by atoms with Gasteiger partial charge in [-0.25, -0.2) is 0 Å². The highest BCUT2D eigenvalue weighted by Crippen LogP contribution is 2.30. The number of carbonyl (C=O) groups is 1. The van der Waals surface area contributed by atoms with E-state index in [1.54, 1.807) is 6.08 Å². The number of hydrogen-bond donors (Lipinski definition) is 9. The fraction of sp³-hybridized carbons (Fsp3) is 0.725. The highest BCUT2D eigenvalue weighted by molar-refractivity contribution is 5.76. The van der Waals surface area contributed by atoms with E-state index in [4.69, 9.17) is 18.9 Å². The van der Waals surface area contributed by atoms with Gasteiger partial charge in [0.05, 0.1) is 32.0 Å². The fourth-order valence-corrected chi connectivity index (χ4v) is 9.99. The molecule has 0 bridgehead atoms. The third kappa shape index (κ3) is 37.7. The van der Waals surface area contributed by atoms with Crippen molar-refractivity contribution in [2.45, 2.75) is 299 Å². The molecule has 2 rings (SSSR count). The Hall–Kier alpha value is -3.35. The Bertz CT molecular complexity index is 1810. The summed E-state index contributed by atoms with van der Waals surface area (Å²) in [6.07, 6.45) is 58.4. The van der Waals surface area contributed by atoms with E-state index in [0.717, 1.165) is 77.0 Å². The first-order valence-corrected chi connectivity index (χ1v) is 32.6. The van der Waals surface area contributed by atoms with Crippen molar-refractivity contribution in [2.75, 3.05) is 19.8 Å². The predicted molar refractivity (Wildman–Crippen MR) is 336 cm³/mol. The Morgan fingerprint density at radius 2 is 0.843 bits per heavy atom. The molecule has 1 amide bonds. The molecule has 0 aromatic rings. The van der Waals surface area contributed by atoms with Crippen LogP contribution in [0.25, 0.3) is 0 Å². The van der Waals surface area contributed by atoms with Gasteiger partial charge in [-0.05, 0) is 89.9 Å². The second-order valence-electron chi connectivity index (χ2n) is 22.5.